The van der Waals surface area contributed by atoms with Crippen molar-refractivity contribution in [2.24, 2.45) is 5.92 Å². The fraction of sp³-hybridized carbons (Fsp3) is 0.412. The molecule has 2 aliphatic rings. The Morgan fingerprint density at radius 1 is 1.14 bits per heavy atom. The summed E-state index contributed by atoms with van der Waals surface area (Å²) in [7, 11) is 0. The quantitative estimate of drug-likeness (QED) is 0.913. The van der Waals surface area contributed by atoms with Crippen LogP contribution in [0.4, 0.5) is 0 Å². The molecule has 2 aromatic rings. The first-order chi connectivity index (χ1) is 10.7. The van der Waals surface area contributed by atoms with E-state index in [2.05, 4.69) is 0 Å². The second-order valence-electron chi connectivity index (χ2n) is 5.86. The van der Waals surface area contributed by atoms with Gasteiger partial charge in [-0.15, -0.1) is 11.3 Å². The molecule has 0 spiro atoms. The van der Waals surface area contributed by atoms with Crippen molar-refractivity contribution in [3.63, 3.8) is 0 Å². The third-order valence-corrected chi connectivity index (χ3v) is 5.54. The van der Waals surface area contributed by atoms with Crippen LogP contribution in [0.15, 0.2) is 35.7 Å². The van der Waals surface area contributed by atoms with Gasteiger partial charge < -0.3 is 14.6 Å². The molecule has 1 aromatic carbocycles. The van der Waals surface area contributed by atoms with Gasteiger partial charge in [0.2, 0.25) is 0 Å². The molecule has 1 N–H and O–H groups in total. The second kappa shape index (κ2) is 5.62. The summed E-state index contributed by atoms with van der Waals surface area (Å²) < 4.78 is 11.1. The topological polar surface area (TPSA) is 38.7 Å². The summed E-state index contributed by atoms with van der Waals surface area (Å²) in [5.41, 5.74) is 0.801. The minimum absolute atomic E-state index is 0.249. The number of benzene rings is 1. The van der Waals surface area contributed by atoms with Gasteiger partial charge in [-0.1, -0.05) is 23.7 Å². The Kier molecular flexibility index (Phi) is 3.75. The molecule has 2 heterocycles. The molecule has 0 radical (unpaired) electrons. The zero-order valence-corrected chi connectivity index (χ0v) is 13.6. The van der Waals surface area contributed by atoms with Gasteiger partial charge in [-0.2, -0.15) is 0 Å². The third-order valence-electron chi connectivity index (χ3n) is 4.35. The summed E-state index contributed by atoms with van der Waals surface area (Å²) in [6, 6.07) is 9.54. The van der Waals surface area contributed by atoms with Crippen LogP contribution in [0.1, 0.15) is 35.1 Å². The zero-order valence-electron chi connectivity index (χ0n) is 12.0. The van der Waals surface area contributed by atoms with Crippen LogP contribution in [-0.4, -0.2) is 18.3 Å². The minimum atomic E-state index is -0.974. The first-order valence-corrected chi connectivity index (χ1v) is 8.74. The predicted molar refractivity (Wildman–Crippen MR) is 86.1 cm³/mol. The van der Waals surface area contributed by atoms with Gasteiger partial charge >= 0.3 is 0 Å². The number of rotatable bonds is 4. The summed E-state index contributed by atoms with van der Waals surface area (Å²) >= 11 is 7.70. The Morgan fingerprint density at radius 2 is 1.91 bits per heavy atom. The lowest BCUT2D eigenvalue weighted by molar-refractivity contribution is -0.0415. The molecule has 0 bridgehead atoms. The van der Waals surface area contributed by atoms with Crippen LogP contribution in [0.3, 0.4) is 0 Å². The first-order valence-electron chi connectivity index (χ1n) is 7.48. The number of thiophene rings is 1. The van der Waals surface area contributed by atoms with Gasteiger partial charge in [0.1, 0.15) is 5.60 Å². The number of hydrogen-bond donors (Lipinski definition) is 1. The van der Waals surface area contributed by atoms with E-state index in [1.807, 2.05) is 35.7 Å². The first kappa shape index (κ1) is 14.7. The Balaban J connectivity index is 1.73. The lowest BCUT2D eigenvalue weighted by Gasteiger charge is -2.28. The van der Waals surface area contributed by atoms with E-state index in [0.717, 1.165) is 28.8 Å². The van der Waals surface area contributed by atoms with E-state index < -0.39 is 5.60 Å². The highest BCUT2D eigenvalue weighted by Gasteiger charge is 2.47. The van der Waals surface area contributed by atoms with Crippen LogP contribution >= 0.6 is 22.9 Å². The van der Waals surface area contributed by atoms with Gasteiger partial charge in [-0.25, -0.2) is 0 Å². The number of hydrogen-bond acceptors (Lipinski definition) is 4. The van der Waals surface area contributed by atoms with Crippen LogP contribution in [0.5, 0.6) is 0 Å². The van der Waals surface area contributed by atoms with Crippen LogP contribution < -0.4 is 0 Å². The number of halogens is 1. The molecule has 22 heavy (non-hydrogen) atoms. The average molecular weight is 337 g/mol. The lowest BCUT2D eigenvalue weighted by Crippen LogP contribution is -2.29. The molecule has 1 saturated carbocycles. The number of aliphatic hydroxyl groups is 1. The molecule has 5 heteroatoms. The van der Waals surface area contributed by atoms with E-state index in [0.29, 0.717) is 18.2 Å². The van der Waals surface area contributed by atoms with Crippen LogP contribution in [0, 0.1) is 5.92 Å². The zero-order chi connectivity index (χ0) is 15.2. The highest BCUT2D eigenvalue weighted by Crippen LogP contribution is 2.51. The van der Waals surface area contributed by atoms with Crippen molar-refractivity contribution in [3.8, 4) is 0 Å². The Bertz CT molecular complexity index is 676. The van der Waals surface area contributed by atoms with Gasteiger partial charge in [0, 0.05) is 5.02 Å². The molecular formula is C17H17ClO3S. The SMILES string of the molecule is OC(c1cccc(Cl)c1)(c1csc(C2OCCO2)c1)C1CC1. The standard InChI is InChI=1S/C17H17ClO3S/c18-14-3-1-2-12(8-14)17(19,11-4-5-11)13-9-15(22-10-13)16-20-6-7-21-16/h1-3,8-11,16,19H,4-7H2. The van der Waals surface area contributed by atoms with E-state index in [1.165, 1.54) is 0 Å². The van der Waals surface area contributed by atoms with E-state index in [-0.39, 0.29) is 12.2 Å². The molecule has 4 rings (SSSR count). The fourth-order valence-corrected chi connectivity index (χ4v) is 4.21. The van der Waals surface area contributed by atoms with Gasteiger partial charge in [0.15, 0.2) is 6.29 Å². The maximum absolute atomic E-state index is 11.4. The molecule has 2 fully saturated rings. The maximum Gasteiger partial charge on any atom is 0.193 e. The van der Waals surface area contributed by atoms with Gasteiger partial charge in [-0.05, 0) is 53.5 Å². The Labute approximate surface area is 138 Å². The van der Waals surface area contributed by atoms with Crippen molar-refractivity contribution in [1.29, 1.82) is 0 Å². The molecule has 0 amide bonds. The monoisotopic (exact) mass is 336 g/mol. The Hall–Kier alpha value is -0.910. The van der Waals surface area contributed by atoms with Gasteiger partial charge in [-0.3, -0.25) is 0 Å². The fourth-order valence-electron chi connectivity index (χ4n) is 3.06. The van der Waals surface area contributed by atoms with E-state index in [9.17, 15) is 5.11 Å². The molecule has 1 atom stereocenters. The molecule has 1 unspecified atom stereocenters. The van der Waals surface area contributed by atoms with E-state index >= 15 is 0 Å². The predicted octanol–water partition coefficient (Wildman–Crippen LogP) is 4.09. The summed E-state index contributed by atoms with van der Waals surface area (Å²) in [6.45, 7) is 1.25. The lowest BCUT2D eigenvalue weighted by atomic mass is 9.83. The minimum Gasteiger partial charge on any atom is -0.380 e. The van der Waals surface area contributed by atoms with E-state index in [1.54, 1.807) is 11.3 Å². The van der Waals surface area contributed by atoms with Crippen molar-refractivity contribution >= 4 is 22.9 Å². The normalized spacial score (nSPS) is 21.9. The second-order valence-corrected chi connectivity index (χ2v) is 7.24. The van der Waals surface area contributed by atoms with Crippen LogP contribution in [0.25, 0.3) is 0 Å². The average Bonchev–Trinajstić information content (AvgIpc) is 3.03. The summed E-state index contributed by atoms with van der Waals surface area (Å²) in [5, 5.41) is 14.1. The van der Waals surface area contributed by atoms with Crippen molar-refractivity contribution in [3.05, 3.63) is 56.7 Å². The summed E-state index contributed by atoms with van der Waals surface area (Å²) in [4.78, 5) is 1.01. The largest absolute Gasteiger partial charge is 0.380 e. The molecule has 3 nitrogen and oxygen atoms in total. The molecule has 1 aliphatic carbocycles. The summed E-state index contributed by atoms with van der Waals surface area (Å²) in [5.74, 6) is 0.249. The van der Waals surface area contributed by atoms with Crippen molar-refractivity contribution in [1.82, 2.24) is 0 Å². The van der Waals surface area contributed by atoms with Gasteiger partial charge in [0.25, 0.3) is 0 Å². The van der Waals surface area contributed by atoms with Crippen LogP contribution in [-0.2, 0) is 15.1 Å². The van der Waals surface area contributed by atoms with Crippen molar-refractivity contribution in [2.75, 3.05) is 13.2 Å². The Morgan fingerprint density at radius 3 is 2.59 bits per heavy atom. The van der Waals surface area contributed by atoms with Crippen molar-refractivity contribution < 1.29 is 14.6 Å². The smallest absolute Gasteiger partial charge is 0.193 e. The molecular weight excluding hydrogens is 320 g/mol. The highest BCUT2D eigenvalue weighted by atomic mass is 35.5. The molecule has 1 aliphatic heterocycles. The van der Waals surface area contributed by atoms with E-state index in [4.69, 9.17) is 21.1 Å². The highest BCUT2D eigenvalue weighted by molar-refractivity contribution is 7.10. The summed E-state index contributed by atoms with van der Waals surface area (Å²) in [6.07, 6.45) is 1.77. The molecule has 1 aromatic heterocycles. The maximum atomic E-state index is 11.4. The molecule has 1 saturated heterocycles. The third kappa shape index (κ3) is 2.49. The number of ether oxygens (including phenoxy) is 2. The van der Waals surface area contributed by atoms with Gasteiger partial charge in [0.05, 0.1) is 18.1 Å². The van der Waals surface area contributed by atoms with Crippen LogP contribution in [0.2, 0.25) is 5.02 Å². The molecule has 116 valence electrons. The van der Waals surface area contributed by atoms with Crippen molar-refractivity contribution in [2.45, 2.75) is 24.7 Å².